The van der Waals surface area contributed by atoms with Gasteiger partial charge in [0.15, 0.2) is 17.6 Å². The van der Waals surface area contributed by atoms with Crippen LogP contribution in [0.2, 0.25) is 0 Å². The molecule has 0 saturated heterocycles. The predicted octanol–water partition coefficient (Wildman–Crippen LogP) is 3.63. The molecular weight excluding hydrogens is 362 g/mol. The molecule has 0 radical (unpaired) electrons. The number of rotatable bonds is 4. The Hall–Kier alpha value is -2.21. The lowest BCUT2D eigenvalue weighted by Gasteiger charge is -2.20. The second kappa shape index (κ2) is 6.91. The zero-order valence-corrected chi connectivity index (χ0v) is 14.1. The minimum atomic E-state index is -0.637. The Morgan fingerprint density at radius 3 is 2.70 bits per heavy atom. The Bertz CT molecular complexity index is 719. The van der Waals surface area contributed by atoms with Crippen molar-refractivity contribution in [2.75, 3.05) is 18.5 Å². The number of ether oxygens (including phenoxy) is 3. The van der Waals surface area contributed by atoms with Gasteiger partial charge in [0.25, 0.3) is 5.91 Å². The van der Waals surface area contributed by atoms with E-state index in [9.17, 15) is 4.79 Å². The molecule has 6 heteroatoms. The summed E-state index contributed by atoms with van der Waals surface area (Å²) in [6, 6.07) is 12.7. The molecule has 1 N–H and O–H groups in total. The first-order chi connectivity index (χ1) is 11.1. The molecule has 0 saturated carbocycles. The van der Waals surface area contributed by atoms with Crippen LogP contribution in [-0.4, -0.2) is 25.2 Å². The number of carbonyl (C=O) groups is 1. The molecule has 0 fully saturated rings. The maximum atomic E-state index is 12.3. The van der Waals surface area contributed by atoms with E-state index in [4.69, 9.17) is 14.2 Å². The van der Waals surface area contributed by atoms with Crippen LogP contribution in [0.3, 0.4) is 0 Å². The zero-order chi connectivity index (χ0) is 16.2. The van der Waals surface area contributed by atoms with Crippen molar-refractivity contribution in [1.29, 1.82) is 0 Å². The molecule has 0 spiro atoms. The number of anilines is 1. The third kappa shape index (κ3) is 3.76. The quantitative estimate of drug-likeness (QED) is 0.883. The fraction of sp³-hybridized carbons (Fsp3) is 0.235. The van der Waals surface area contributed by atoms with Crippen LogP contribution in [0.4, 0.5) is 5.69 Å². The number of amides is 1. The van der Waals surface area contributed by atoms with Crippen LogP contribution in [0.5, 0.6) is 17.2 Å². The predicted molar refractivity (Wildman–Crippen MR) is 90.3 cm³/mol. The van der Waals surface area contributed by atoms with Gasteiger partial charge in [-0.05, 0) is 47.1 Å². The van der Waals surface area contributed by atoms with Crippen molar-refractivity contribution in [2.24, 2.45) is 0 Å². The van der Waals surface area contributed by atoms with Gasteiger partial charge >= 0.3 is 0 Å². The Morgan fingerprint density at radius 1 is 1.17 bits per heavy atom. The van der Waals surface area contributed by atoms with Crippen molar-refractivity contribution < 1.29 is 19.0 Å². The molecule has 1 atom stereocenters. The summed E-state index contributed by atoms with van der Waals surface area (Å²) in [6.45, 7) is 2.74. The lowest BCUT2D eigenvalue weighted by atomic mass is 10.2. The third-order valence-electron chi connectivity index (χ3n) is 3.32. The van der Waals surface area contributed by atoms with E-state index in [1.54, 1.807) is 31.2 Å². The SMILES string of the molecule is C[C@H](Oc1ccccc1Br)C(=O)Nc1ccc2c(c1)OCCO2. The summed E-state index contributed by atoms with van der Waals surface area (Å²) in [5.41, 5.74) is 0.641. The number of halogens is 1. The lowest BCUT2D eigenvalue weighted by molar-refractivity contribution is -0.122. The Morgan fingerprint density at radius 2 is 1.91 bits per heavy atom. The van der Waals surface area contributed by atoms with Crippen molar-refractivity contribution in [3.05, 3.63) is 46.9 Å². The molecule has 23 heavy (non-hydrogen) atoms. The van der Waals surface area contributed by atoms with Crippen LogP contribution in [0.1, 0.15) is 6.92 Å². The average molecular weight is 378 g/mol. The first-order valence-electron chi connectivity index (χ1n) is 7.25. The Kier molecular flexibility index (Phi) is 4.71. The molecule has 0 unspecified atom stereocenters. The number of carbonyl (C=O) groups excluding carboxylic acids is 1. The van der Waals surface area contributed by atoms with Gasteiger partial charge in [-0.3, -0.25) is 4.79 Å². The van der Waals surface area contributed by atoms with Crippen LogP contribution in [0.25, 0.3) is 0 Å². The van der Waals surface area contributed by atoms with Crippen LogP contribution < -0.4 is 19.5 Å². The summed E-state index contributed by atoms with van der Waals surface area (Å²) in [7, 11) is 0. The fourth-order valence-electron chi connectivity index (χ4n) is 2.15. The van der Waals surface area contributed by atoms with Gasteiger partial charge in [-0.1, -0.05) is 12.1 Å². The monoisotopic (exact) mass is 377 g/mol. The molecule has 1 heterocycles. The van der Waals surface area contributed by atoms with Crippen molar-refractivity contribution in [3.8, 4) is 17.2 Å². The number of nitrogens with one attached hydrogen (secondary N) is 1. The molecule has 5 nitrogen and oxygen atoms in total. The van der Waals surface area contributed by atoms with Gasteiger partial charge in [0.2, 0.25) is 0 Å². The molecule has 120 valence electrons. The topological polar surface area (TPSA) is 56.8 Å². The van der Waals surface area contributed by atoms with Crippen LogP contribution in [0, 0.1) is 0 Å². The van der Waals surface area contributed by atoms with E-state index in [-0.39, 0.29) is 5.91 Å². The summed E-state index contributed by atoms with van der Waals surface area (Å²) in [6.07, 6.45) is -0.637. The first-order valence-corrected chi connectivity index (χ1v) is 8.04. The van der Waals surface area contributed by atoms with Crippen LogP contribution >= 0.6 is 15.9 Å². The molecule has 0 bridgehead atoms. The summed E-state index contributed by atoms with van der Waals surface area (Å²) in [5, 5.41) is 2.82. The van der Waals surface area contributed by atoms with Gasteiger partial charge < -0.3 is 19.5 Å². The van der Waals surface area contributed by atoms with Crippen molar-refractivity contribution in [2.45, 2.75) is 13.0 Å². The fourth-order valence-corrected chi connectivity index (χ4v) is 2.53. The second-order valence-corrected chi connectivity index (χ2v) is 5.89. The molecule has 0 aliphatic carbocycles. The van der Waals surface area contributed by atoms with Crippen LogP contribution in [0.15, 0.2) is 46.9 Å². The summed E-state index contributed by atoms with van der Waals surface area (Å²) < 4.78 is 17.4. The second-order valence-electron chi connectivity index (χ2n) is 5.04. The molecule has 0 aromatic heterocycles. The molecular formula is C17H16BrNO4. The Labute approximate surface area is 142 Å². The number of hydrogen-bond donors (Lipinski definition) is 1. The van der Waals surface area contributed by atoms with Gasteiger partial charge in [-0.25, -0.2) is 0 Å². The van der Waals surface area contributed by atoms with Crippen LogP contribution in [-0.2, 0) is 4.79 Å². The smallest absolute Gasteiger partial charge is 0.265 e. The van der Waals surface area contributed by atoms with Gasteiger partial charge in [0.05, 0.1) is 4.47 Å². The van der Waals surface area contributed by atoms with Crippen molar-refractivity contribution >= 4 is 27.5 Å². The summed E-state index contributed by atoms with van der Waals surface area (Å²) in [4.78, 5) is 12.3. The van der Waals surface area contributed by atoms with Crippen molar-refractivity contribution in [3.63, 3.8) is 0 Å². The summed E-state index contributed by atoms with van der Waals surface area (Å²) >= 11 is 3.39. The van der Waals surface area contributed by atoms with Gasteiger partial charge in [0.1, 0.15) is 19.0 Å². The average Bonchev–Trinajstić information content (AvgIpc) is 2.56. The lowest BCUT2D eigenvalue weighted by Crippen LogP contribution is -2.30. The molecule has 1 aliphatic heterocycles. The zero-order valence-electron chi connectivity index (χ0n) is 12.5. The first kappa shape index (κ1) is 15.7. The number of benzene rings is 2. The van der Waals surface area contributed by atoms with Crippen molar-refractivity contribution in [1.82, 2.24) is 0 Å². The molecule has 1 amide bonds. The van der Waals surface area contributed by atoms with Gasteiger partial charge in [0, 0.05) is 11.8 Å². The molecule has 2 aromatic carbocycles. The minimum absolute atomic E-state index is 0.238. The molecule has 2 aromatic rings. The number of fused-ring (bicyclic) bond motifs is 1. The van der Waals surface area contributed by atoms with Gasteiger partial charge in [-0.2, -0.15) is 0 Å². The van der Waals surface area contributed by atoms with E-state index in [0.717, 1.165) is 4.47 Å². The standard InChI is InChI=1S/C17H16BrNO4/c1-11(23-14-5-3-2-4-13(14)18)17(20)19-12-6-7-15-16(10-12)22-9-8-21-15/h2-7,10-11H,8-9H2,1H3,(H,19,20)/t11-/m0/s1. The minimum Gasteiger partial charge on any atom is -0.486 e. The van der Waals surface area contributed by atoms with E-state index in [0.29, 0.717) is 36.1 Å². The van der Waals surface area contributed by atoms with E-state index in [1.807, 2.05) is 18.2 Å². The molecule has 1 aliphatic rings. The maximum absolute atomic E-state index is 12.3. The highest BCUT2D eigenvalue weighted by atomic mass is 79.9. The highest BCUT2D eigenvalue weighted by Gasteiger charge is 2.18. The van der Waals surface area contributed by atoms with E-state index < -0.39 is 6.10 Å². The number of hydrogen-bond acceptors (Lipinski definition) is 4. The highest BCUT2D eigenvalue weighted by molar-refractivity contribution is 9.10. The largest absolute Gasteiger partial charge is 0.486 e. The van der Waals surface area contributed by atoms with E-state index in [2.05, 4.69) is 21.2 Å². The van der Waals surface area contributed by atoms with E-state index >= 15 is 0 Å². The maximum Gasteiger partial charge on any atom is 0.265 e. The normalized spacial score (nSPS) is 14.0. The third-order valence-corrected chi connectivity index (χ3v) is 3.97. The summed E-state index contributed by atoms with van der Waals surface area (Å²) in [5.74, 6) is 1.70. The highest BCUT2D eigenvalue weighted by Crippen LogP contribution is 2.32. The Balaban J connectivity index is 1.65. The molecule has 3 rings (SSSR count). The van der Waals surface area contributed by atoms with Gasteiger partial charge in [-0.15, -0.1) is 0 Å². The number of para-hydroxylation sites is 1. The van der Waals surface area contributed by atoms with E-state index in [1.165, 1.54) is 0 Å².